The molecule has 1 unspecified atom stereocenters. The van der Waals surface area contributed by atoms with Crippen molar-refractivity contribution >= 4 is 5.97 Å². The molecule has 1 aliphatic rings. The van der Waals surface area contributed by atoms with Crippen LogP contribution in [0.15, 0.2) is 72.1 Å². The molecule has 0 saturated carbocycles. The molecule has 0 aliphatic carbocycles. The number of hydrogen-bond donors (Lipinski definition) is 1. The van der Waals surface area contributed by atoms with Gasteiger partial charge in [-0.05, 0) is 53.3 Å². The van der Waals surface area contributed by atoms with Gasteiger partial charge in [-0.1, -0.05) is 77.6 Å². The minimum absolute atomic E-state index is 0.0121. The highest BCUT2D eigenvalue weighted by Gasteiger charge is 2.32. The second kappa shape index (κ2) is 14.7. The van der Waals surface area contributed by atoms with Crippen molar-refractivity contribution in [1.82, 2.24) is 0 Å². The summed E-state index contributed by atoms with van der Waals surface area (Å²) in [7, 11) is 1.59. The van der Waals surface area contributed by atoms with Gasteiger partial charge in [-0.2, -0.15) is 5.26 Å². The highest BCUT2D eigenvalue weighted by Crippen LogP contribution is 2.45. The van der Waals surface area contributed by atoms with Crippen LogP contribution in [-0.4, -0.2) is 26.3 Å². The lowest BCUT2D eigenvalue weighted by molar-refractivity contribution is -0.136. The third-order valence-electron chi connectivity index (χ3n) is 7.53. The van der Waals surface area contributed by atoms with Crippen molar-refractivity contribution in [1.29, 1.82) is 5.26 Å². The topological polar surface area (TPSA) is 113 Å². The fourth-order valence-electron chi connectivity index (χ4n) is 5.07. The SMILES string of the molecule is CCCCCCCOc1ccc(C2C(C#N)=C(N)Oc3cc(OC(=O)COc4ccc(C(C)(C)C)cc4)ccc32)cc1OC. The first-order valence-electron chi connectivity index (χ1n) is 15.1. The normalized spacial score (nSPS) is 14.2. The van der Waals surface area contributed by atoms with Gasteiger partial charge < -0.3 is 29.4 Å². The Bertz CT molecular complexity index is 1520. The average molecular weight is 599 g/mol. The summed E-state index contributed by atoms with van der Waals surface area (Å²) in [6.07, 6.45) is 5.72. The summed E-state index contributed by atoms with van der Waals surface area (Å²) < 4.78 is 28.6. The summed E-state index contributed by atoms with van der Waals surface area (Å²) in [6.45, 7) is 8.94. The zero-order chi connectivity index (χ0) is 31.7. The summed E-state index contributed by atoms with van der Waals surface area (Å²) in [5.41, 5.74) is 9.16. The molecule has 0 aromatic heterocycles. The predicted octanol–water partition coefficient (Wildman–Crippen LogP) is 7.54. The molecule has 1 heterocycles. The van der Waals surface area contributed by atoms with Crippen LogP contribution in [0.3, 0.4) is 0 Å². The average Bonchev–Trinajstić information content (AvgIpc) is 3.00. The van der Waals surface area contributed by atoms with Crippen LogP contribution in [0.5, 0.6) is 28.7 Å². The van der Waals surface area contributed by atoms with Crippen molar-refractivity contribution in [3.8, 4) is 34.8 Å². The molecular formula is C36H42N2O6. The third-order valence-corrected chi connectivity index (χ3v) is 7.53. The largest absolute Gasteiger partial charge is 0.493 e. The van der Waals surface area contributed by atoms with E-state index in [0.717, 1.165) is 18.4 Å². The Labute approximate surface area is 260 Å². The molecular weight excluding hydrogens is 556 g/mol. The minimum Gasteiger partial charge on any atom is -0.493 e. The number of nitrogens with zero attached hydrogens (tertiary/aromatic N) is 1. The van der Waals surface area contributed by atoms with Crippen LogP contribution in [0.25, 0.3) is 0 Å². The Kier molecular flexibility index (Phi) is 10.8. The number of rotatable bonds is 13. The quantitative estimate of drug-likeness (QED) is 0.122. The summed E-state index contributed by atoms with van der Waals surface area (Å²) in [5, 5.41) is 9.98. The van der Waals surface area contributed by atoms with E-state index in [9.17, 15) is 10.1 Å². The summed E-state index contributed by atoms with van der Waals surface area (Å²) in [4.78, 5) is 12.6. The number of nitriles is 1. The lowest BCUT2D eigenvalue weighted by Crippen LogP contribution is -2.22. The maximum Gasteiger partial charge on any atom is 0.349 e. The van der Waals surface area contributed by atoms with E-state index in [-0.39, 0.29) is 29.2 Å². The summed E-state index contributed by atoms with van der Waals surface area (Å²) in [5.74, 6) is 1.36. The van der Waals surface area contributed by atoms with Crippen LogP contribution < -0.4 is 29.4 Å². The van der Waals surface area contributed by atoms with Gasteiger partial charge in [0.25, 0.3) is 0 Å². The fourth-order valence-corrected chi connectivity index (χ4v) is 5.07. The number of carbonyl (C=O) groups is 1. The first kappa shape index (κ1) is 32.3. The number of esters is 1. The monoisotopic (exact) mass is 598 g/mol. The molecule has 0 bridgehead atoms. The molecule has 0 fully saturated rings. The van der Waals surface area contributed by atoms with Gasteiger partial charge in [0.2, 0.25) is 5.88 Å². The van der Waals surface area contributed by atoms with E-state index >= 15 is 0 Å². The molecule has 2 N–H and O–H groups in total. The standard InChI is InChI=1S/C36H42N2O6/c1-6-7-8-9-10-19-41-30-18-11-24(20-32(30)40-5)34-28-17-16-27(21-31(28)44-35(38)29(34)22-37)43-33(39)23-42-26-14-12-25(13-15-26)36(2,3)4/h11-18,20-21,34H,6-10,19,23,38H2,1-5H3. The fraction of sp³-hybridized carbons (Fsp3) is 0.389. The van der Waals surface area contributed by atoms with Crippen molar-refractivity contribution in [2.24, 2.45) is 5.73 Å². The molecule has 4 rings (SSSR count). The Morgan fingerprint density at radius 1 is 0.932 bits per heavy atom. The van der Waals surface area contributed by atoms with E-state index in [1.165, 1.54) is 24.8 Å². The summed E-state index contributed by atoms with van der Waals surface area (Å²) in [6, 6.07) is 20.5. The lowest BCUT2D eigenvalue weighted by atomic mass is 9.83. The van der Waals surface area contributed by atoms with Crippen LogP contribution in [-0.2, 0) is 10.2 Å². The smallest absolute Gasteiger partial charge is 0.349 e. The molecule has 8 nitrogen and oxygen atoms in total. The van der Waals surface area contributed by atoms with Gasteiger partial charge in [0.15, 0.2) is 18.1 Å². The molecule has 8 heteroatoms. The highest BCUT2D eigenvalue weighted by atomic mass is 16.6. The maximum atomic E-state index is 12.6. The van der Waals surface area contributed by atoms with E-state index in [1.807, 2.05) is 42.5 Å². The van der Waals surface area contributed by atoms with Crippen molar-refractivity contribution in [2.45, 2.75) is 71.1 Å². The first-order valence-corrected chi connectivity index (χ1v) is 15.1. The second-order valence-electron chi connectivity index (χ2n) is 11.8. The Balaban J connectivity index is 1.46. The number of hydrogen-bond acceptors (Lipinski definition) is 8. The number of carbonyl (C=O) groups excluding carboxylic acids is 1. The third kappa shape index (κ3) is 8.04. The van der Waals surface area contributed by atoms with Gasteiger partial charge in [0, 0.05) is 11.6 Å². The van der Waals surface area contributed by atoms with Gasteiger partial charge in [0.05, 0.1) is 19.6 Å². The Hall–Kier alpha value is -4.64. The van der Waals surface area contributed by atoms with Gasteiger partial charge in [-0.3, -0.25) is 0 Å². The molecule has 0 saturated heterocycles. The Morgan fingerprint density at radius 3 is 2.34 bits per heavy atom. The van der Waals surface area contributed by atoms with Gasteiger partial charge in [-0.15, -0.1) is 0 Å². The minimum atomic E-state index is -0.566. The molecule has 44 heavy (non-hydrogen) atoms. The van der Waals surface area contributed by atoms with Gasteiger partial charge in [-0.25, -0.2) is 4.79 Å². The zero-order valence-corrected chi connectivity index (χ0v) is 26.3. The van der Waals surface area contributed by atoms with Crippen LogP contribution in [0.1, 0.15) is 82.4 Å². The predicted molar refractivity (Wildman–Crippen MR) is 169 cm³/mol. The van der Waals surface area contributed by atoms with Crippen LogP contribution in [0.4, 0.5) is 0 Å². The number of unbranched alkanes of at least 4 members (excludes halogenated alkanes) is 4. The van der Waals surface area contributed by atoms with Crippen LogP contribution in [0, 0.1) is 11.3 Å². The van der Waals surface area contributed by atoms with Crippen molar-refractivity contribution in [3.05, 3.63) is 88.8 Å². The Morgan fingerprint density at radius 2 is 1.66 bits per heavy atom. The summed E-state index contributed by atoms with van der Waals surface area (Å²) >= 11 is 0. The maximum absolute atomic E-state index is 12.6. The number of allylic oxidation sites excluding steroid dienone is 1. The number of methoxy groups -OCH3 is 1. The van der Waals surface area contributed by atoms with Gasteiger partial charge >= 0.3 is 5.97 Å². The van der Waals surface area contributed by atoms with E-state index in [4.69, 9.17) is 29.4 Å². The lowest BCUT2D eigenvalue weighted by Gasteiger charge is -2.27. The van der Waals surface area contributed by atoms with Crippen molar-refractivity contribution < 1.29 is 28.5 Å². The molecule has 0 spiro atoms. The number of fused-ring (bicyclic) bond motifs is 1. The van der Waals surface area contributed by atoms with Crippen molar-refractivity contribution in [3.63, 3.8) is 0 Å². The van der Waals surface area contributed by atoms with Gasteiger partial charge in [0.1, 0.15) is 28.9 Å². The molecule has 232 valence electrons. The van der Waals surface area contributed by atoms with Crippen LogP contribution >= 0.6 is 0 Å². The van der Waals surface area contributed by atoms with E-state index < -0.39 is 11.9 Å². The van der Waals surface area contributed by atoms with E-state index in [1.54, 1.807) is 25.3 Å². The van der Waals surface area contributed by atoms with Crippen molar-refractivity contribution in [2.75, 3.05) is 20.3 Å². The molecule has 0 radical (unpaired) electrons. The molecule has 1 aliphatic heterocycles. The van der Waals surface area contributed by atoms with E-state index in [0.29, 0.717) is 35.2 Å². The first-order chi connectivity index (χ1) is 21.1. The van der Waals surface area contributed by atoms with E-state index in [2.05, 4.69) is 33.8 Å². The number of ether oxygens (including phenoxy) is 5. The molecule has 0 amide bonds. The highest BCUT2D eigenvalue weighted by molar-refractivity contribution is 5.74. The number of nitrogens with two attached hydrogens (primary N) is 1. The molecule has 1 atom stereocenters. The molecule has 3 aromatic rings. The number of benzene rings is 3. The van der Waals surface area contributed by atoms with Crippen LogP contribution in [0.2, 0.25) is 0 Å². The molecule has 3 aromatic carbocycles. The second-order valence-corrected chi connectivity index (χ2v) is 11.8. The zero-order valence-electron chi connectivity index (χ0n) is 26.3.